The van der Waals surface area contributed by atoms with Crippen LogP contribution in [0.15, 0.2) is 18.2 Å². The van der Waals surface area contributed by atoms with Gasteiger partial charge in [0.05, 0.1) is 0 Å². The molecule has 1 fully saturated rings. The fourth-order valence-electron chi connectivity index (χ4n) is 3.42. The maximum absolute atomic E-state index is 3.44. The number of benzene rings is 1. The third-order valence-electron chi connectivity index (χ3n) is 4.56. The van der Waals surface area contributed by atoms with E-state index in [-0.39, 0.29) is 0 Å². The second-order valence-electron chi connectivity index (χ2n) is 6.07. The number of unbranched alkanes of at least 4 members (excludes halogenated alkanes) is 2. The van der Waals surface area contributed by atoms with Crippen molar-refractivity contribution in [2.24, 2.45) is 0 Å². The summed E-state index contributed by atoms with van der Waals surface area (Å²) in [5.41, 5.74) is 4.63. The van der Waals surface area contributed by atoms with Crippen LogP contribution < -0.4 is 10.2 Å². The molecule has 20 heavy (non-hydrogen) atoms. The second-order valence-corrected chi connectivity index (χ2v) is 6.07. The van der Waals surface area contributed by atoms with E-state index in [1.807, 2.05) is 0 Å². The van der Waals surface area contributed by atoms with Crippen LogP contribution >= 0.6 is 0 Å². The van der Waals surface area contributed by atoms with Crippen molar-refractivity contribution in [3.8, 4) is 0 Å². The molecule has 0 bridgehead atoms. The molecule has 2 aliphatic heterocycles. The van der Waals surface area contributed by atoms with Crippen LogP contribution in [0.3, 0.4) is 0 Å². The Morgan fingerprint density at radius 1 is 1.10 bits per heavy atom. The van der Waals surface area contributed by atoms with Gasteiger partial charge in [-0.2, -0.15) is 0 Å². The first-order valence-electron chi connectivity index (χ1n) is 8.17. The Hall–Kier alpha value is -1.06. The first-order valence-corrected chi connectivity index (χ1v) is 8.17. The monoisotopic (exact) mass is 273 g/mol. The Bertz CT molecular complexity index is 438. The molecule has 1 aromatic carbocycles. The van der Waals surface area contributed by atoms with E-state index in [9.17, 15) is 0 Å². The first kappa shape index (κ1) is 13.9. The van der Waals surface area contributed by atoms with Gasteiger partial charge in [0.25, 0.3) is 0 Å². The van der Waals surface area contributed by atoms with E-state index in [0.29, 0.717) is 0 Å². The van der Waals surface area contributed by atoms with Crippen LogP contribution in [0.25, 0.3) is 0 Å². The van der Waals surface area contributed by atoms with Gasteiger partial charge in [-0.05, 0) is 30.2 Å². The molecule has 0 atom stereocenters. The molecule has 1 aromatic rings. The molecule has 2 aliphatic rings. The van der Waals surface area contributed by atoms with Crippen molar-refractivity contribution in [3.05, 3.63) is 29.3 Å². The van der Waals surface area contributed by atoms with Gasteiger partial charge in [-0.1, -0.05) is 31.9 Å². The lowest BCUT2D eigenvalue weighted by molar-refractivity contribution is 0.277. The van der Waals surface area contributed by atoms with Crippen LogP contribution in [0.5, 0.6) is 0 Å². The molecule has 0 unspecified atom stereocenters. The van der Waals surface area contributed by atoms with Crippen molar-refractivity contribution in [1.82, 2.24) is 10.2 Å². The largest absolute Gasteiger partial charge is 0.369 e. The highest BCUT2D eigenvalue weighted by Gasteiger charge is 2.23. The Balaban J connectivity index is 1.69. The first-order chi connectivity index (χ1) is 9.88. The summed E-state index contributed by atoms with van der Waals surface area (Å²) in [7, 11) is 0. The van der Waals surface area contributed by atoms with E-state index in [4.69, 9.17) is 0 Å². The summed E-state index contributed by atoms with van der Waals surface area (Å²) in [5.74, 6) is 0. The van der Waals surface area contributed by atoms with Crippen LogP contribution in [-0.4, -0.2) is 37.6 Å². The quantitative estimate of drug-likeness (QED) is 0.832. The third-order valence-corrected chi connectivity index (χ3v) is 4.56. The second kappa shape index (κ2) is 6.59. The molecule has 0 aromatic heterocycles. The lowest BCUT2D eigenvalue weighted by atomic mass is 10.1. The summed E-state index contributed by atoms with van der Waals surface area (Å²) in [5, 5.41) is 3.44. The number of fused-ring (bicyclic) bond motifs is 1. The highest BCUT2D eigenvalue weighted by Crippen LogP contribution is 2.32. The fourth-order valence-corrected chi connectivity index (χ4v) is 3.42. The van der Waals surface area contributed by atoms with Gasteiger partial charge >= 0.3 is 0 Å². The normalized spacial score (nSPS) is 19.4. The minimum absolute atomic E-state index is 1.11. The van der Waals surface area contributed by atoms with Gasteiger partial charge in [0.15, 0.2) is 0 Å². The molecule has 0 amide bonds. The number of piperazine rings is 1. The zero-order valence-electron chi connectivity index (χ0n) is 12.7. The minimum Gasteiger partial charge on any atom is -0.369 e. The molecule has 0 saturated carbocycles. The maximum atomic E-state index is 3.44. The number of nitrogens with zero attached hydrogens (tertiary/aromatic N) is 2. The van der Waals surface area contributed by atoms with Crippen LogP contribution in [0, 0.1) is 0 Å². The van der Waals surface area contributed by atoms with E-state index in [0.717, 1.165) is 39.3 Å². The number of hydrogen-bond donors (Lipinski definition) is 1. The number of hydrogen-bond acceptors (Lipinski definition) is 3. The molecular weight excluding hydrogens is 246 g/mol. The molecule has 0 spiro atoms. The molecular formula is C17H27N3. The summed E-state index contributed by atoms with van der Waals surface area (Å²) < 4.78 is 0. The van der Waals surface area contributed by atoms with Crippen molar-refractivity contribution >= 4 is 5.69 Å². The molecule has 3 nitrogen and oxygen atoms in total. The summed E-state index contributed by atoms with van der Waals surface area (Å²) in [6.45, 7) is 10.4. The number of nitrogens with one attached hydrogen (secondary N) is 1. The summed E-state index contributed by atoms with van der Waals surface area (Å²) in [6.07, 6.45) is 4.01. The molecule has 2 heterocycles. The van der Waals surface area contributed by atoms with Crippen molar-refractivity contribution in [3.63, 3.8) is 0 Å². The molecule has 3 heteroatoms. The average molecular weight is 273 g/mol. The maximum Gasteiger partial charge on any atom is 0.0416 e. The Labute approximate surface area is 123 Å². The smallest absolute Gasteiger partial charge is 0.0416 e. The van der Waals surface area contributed by atoms with E-state index >= 15 is 0 Å². The van der Waals surface area contributed by atoms with Crippen LogP contribution in [0.4, 0.5) is 5.69 Å². The fraction of sp³-hybridized carbons (Fsp3) is 0.647. The standard InChI is InChI=1S/C17H27N3/c1-2-3-4-10-19-13-15-6-5-7-17(16(15)14-19)20-11-8-18-9-12-20/h5-7,18H,2-4,8-14H2,1H3. The Morgan fingerprint density at radius 3 is 2.75 bits per heavy atom. The lowest BCUT2D eigenvalue weighted by Crippen LogP contribution is -2.43. The van der Waals surface area contributed by atoms with Crippen LogP contribution in [0.1, 0.15) is 37.3 Å². The Kier molecular flexibility index (Phi) is 4.58. The van der Waals surface area contributed by atoms with Gasteiger partial charge < -0.3 is 10.2 Å². The van der Waals surface area contributed by atoms with E-state index < -0.39 is 0 Å². The highest BCUT2D eigenvalue weighted by atomic mass is 15.2. The number of anilines is 1. The summed E-state index contributed by atoms with van der Waals surface area (Å²) in [4.78, 5) is 5.18. The molecule has 1 N–H and O–H groups in total. The van der Waals surface area contributed by atoms with Gasteiger partial charge in [0, 0.05) is 45.0 Å². The van der Waals surface area contributed by atoms with Gasteiger partial charge in [0.1, 0.15) is 0 Å². The minimum atomic E-state index is 1.11. The third kappa shape index (κ3) is 2.99. The molecule has 0 aliphatic carbocycles. The van der Waals surface area contributed by atoms with Crippen LogP contribution in [0.2, 0.25) is 0 Å². The van der Waals surface area contributed by atoms with Gasteiger partial charge in [-0.25, -0.2) is 0 Å². The Morgan fingerprint density at radius 2 is 1.95 bits per heavy atom. The summed E-state index contributed by atoms with van der Waals surface area (Å²) >= 11 is 0. The van der Waals surface area contributed by atoms with Crippen molar-refractivity contribution < 1.29 is 0 Å². The summed E-state index contributed by atoms with van der Waals surface area (Å²) in [6, 6.07) is 6.88. The highest BCUT2D eigenvalue weighted by molar-refractivity contribution is 5.58. The lowest BCUT2D eigenvalue weighted by Gasteiger charge is -2.31. The van der Waals surface area contributed by atoms with E-state index in [1.165, 1.54) is 31.5 Å². The zero-order valence-corrected chi connectivity index (χ0v) is 12.7. The average Bonchev–Trinajstić information content (AvgIpc) is 2.91. The van der Waals surface area contributed by atoms with E-state index in [2.05, 4.69) is 40.2 Å². The molecule has 0 radical (unpaired) electrons. The SMILES string of the molecule is CCCCCN1Cc2cccc(N3CCNCC3)c2C1. The van der Waals surface area contributed by atoms with Crippen LogP contribution in [-0.2, 0) is 13.1 Å². The van der Waals surface area contributed by atoms with Gasteiger partial charge in [-0.3, -0.25) is 4.90 Å². The van der Waals surface area contributed by atoms with Crippen molar-refractivity contribution in [2.45, 2.75) is 39.3 Å². The van der Waals surface area contributed by atoms with Crippen molar-refractivity contribution in [1.29, 1.82) is 0 Å². The number of rotatable bonds is 5. The topological polar surface area (TPSA) is 18.5 Å². The van der Waals surface area contributed by atoms with Gasteiger partial charge in [-0.15, -0.1) is 0 Å². The molecule has 110 valence electrons. The van der Waals surface area contributed by atoms with E-state index in [1.54, 1.807) is 11.1 Å². The zero-order chi connectivity index (χ0) is 13.8. The molecule has 3 rings (SSSR count). The molecule has 1 saturated heterocycles. The van der Waals surface area contributed by atoms with Gasteiger partial charge in [0.2, 0.25) is 0 Å². The predicted octanol–water partition coefficient (Wildman–Crippen LogP) is 2.60. The predicted molar refractivity (Wildman–Crippen MR) is 85.2 cm³/mol. The van der Waals surface area contributed by atoms with Crippen molar-refractivity contribution in [2.75, 3.05) is 37.6 Å².